The van der Waals surface area contributed by atoms with Gasteiger partial charge in [0.15, 0.2) is 5.82 Å². The molecule has 1 unspecified atom stereocenters. The molecule has 0 saturated heterocycles. The lowest BCUT2D eigenvalue weighted by Crippen LogP contribution is -2.22. The summed E-state index contributed by atoms with van der Waals surface area (Å²) in [6, 6.07) is 0.346. The molecule has 5 heteroatoms. The number of rotatable bonds is 8. The van der Waals surface area contributed by atoms with Gasteiger partial charge in [-0.05, 0) is 12.8 Å². The van der Waals surface area contributed by atoms with Crippen molar-refractivity contribution in [3.05, 3.63) is 16.7 Å². The van der Waals surface area contributed by atoms with Gasteiger partial charge in [-0.25, -0.2) is 4.98 Å². The molecular weight excluding hydrogens is 230 g/mol. The normalized spacial score (nSPS) is 12.2. The van der Waals surface area contributed by atoms with Crippen LogP contribution in [0.4, 0.5) is 5.82 Å². The molecule has 5 nitrogen and oxygen atoms in total. The maximum Gasteiger partial charge on any atom is 0.295 e. The molecule has 1 aromatic heterocycles. The lowest BCUT2D eigenvalue weighted by Gasteiger charge is -2.19. The number of aromatic nitrogens is 2. The number of unbranched alkanes of at least 4 members (excludes halogenated alkanes) is 1. The van der Waals surface area contributed by atoms with Crippen LogP contribution >= 0.6 is 0 Å². The van der Waals surface area contributed by atoms with Crippen molar-refractivity contribution in [2.24, 2.45) is 0 Å². The van der Waals surface area contributed by atoms with E-state index in [0.29, 0.717) is 11.9 Å². The number of hydrogen-bond donors (Lipinski definition) is 2. The average Bonchev–Trinajstić information content (AvgIpc) is 2.36. The fourth-order valence-corrected chi connectivity index (χ4v) is 1.96. The van der Waals surface area contributed by atoms with Crippen molar-refractivity contribution in [1.82, 2.24) is 9.97 Å². The third kappa shape index (κ3) is 4.05. The molecule has 0 aromatic carbocycles. The molecule has 18 heavy (non-hydrogen) atoms. The van der Waals surface area contributed by atoms with Crippen molar-refractivity contribution in [2.75, 3.05) is 12.4 Å². The van der Waals surface area contributed by atoms with E-state index in [0.717, 1.165) is 19.3 Å². The molecule has 0 bridgehead atoms. The van der Waals surface area contributed by atoms with E-state index in [2.05, 4.69) is 29.1 Å². The van der Waals surface area contributed by atoms with Crippen LogP contribution in [0.1, 0.15) is 46.0 Å². The van der Waals surface area contributed by atoms with Crippen molar-refractivity contribution in [3.63, 3.8) is 0 Å². The van der Waals surface area contributed by atoms with Crippen molar-refractivity contribution in [1.29, 1.82) is 0 Å². The van der Waals surface area contributed by atoms with Gasteiger partial charge in [-0.15, -0.1) is 0 Å². The summed E-state index contributed by atoms with van der Waals surface area (Å²) in [5.41, 5.74) is -0.249. The zero-order valence-electron chi connectivity index (χ0n) is 11.5. The number of H-pyrrole nitrogens is 1. The van der Waals surface area contributed by atoms with Gasteiger partial charge in [0.1, 0.15) is 0 Å². The van der Waals surface area contributed by atoms with Crippen molar-refractivity contribution in [3.8, 4) is 5.75 Å². The Morgan fingerprint density at radius 3 is 2.78 bits per heavy atom. The van der Waals surface area contributed by atoms with E-state index < -0.39 is 0 Å². The van der Waals surface area contributed by atoms with E-state index in [1.165, 1.54) is 26.3 Å². The lowest BCUT2D eigenvalue weighted by molar-refractivity contribution is 0.406. The molecule has 1 rings (SSSR count). The van der Waals surface area contributed by atoms with Gasteiger partial charge in [-0.3, -0.25) is 4.79 Å². The Hall–Kier alpha value is -1.52. The second-order valence-electron chi connectivity index (χ2n) is 4.39. The standard InChI is InChI=1S/C13H23N3O2/c1-4-6-8-10(7-5-2)16-12-11(18-3)13(17)15-9-14-12/h9-10H,4-8H2,1-3H3,(H2,14,15,16,17). The molecule has 0 saturated carbocycles. The van der Waals surface area contributed by atoms with E-state index in [-0.39, 0.29) is 11.3 Å². The van der Waals surface area contributed by atoms with Gasteiger partial charge in [-0.2, -0.15) is 0 Å². The smallest absolute Gasteiger partial charge is 0.295 e. The lowest BCUT2D eigenvalue weighted by atomic mass is 10.1. The molecule has 1 atom stereocenters. The van der Waals surface area contributed by atoms with E-state index in [4.69, 9.17) is 4.74 Å². The monoisotopic (exact) mass is 253 g/mol. The third-order valence-electron chi connectivity index (χ3n) is 2.90. The summed E-state index contributed by atoms with van der Waals surface area (Å²) in [4.78, 5) is 18.2. The molecule has 0 aliphatic heterocycles. The number of methoxy groups -OCH3 is 1. The molecule has 0 radical (unpaired) electrons. The van der Waals surface area contributed by atoms with Crippen LogP contribution < -0.4 is 15.6 Å². The molecule has 0 amide bonds. The topological polar surface area (TPSA) is 67.0 Å². The van der Waals surface area contributed by atoms with Crippen LogP contribution in [-0.4, -0.2) is 23.1 Å². The average molecular weight is 253 g/mol. The van der Waals surface area contributed by atoms with Crippen LogP contribution in [0.2, 0.25) is 0 Å². The van der Waals surface area contributed by atoms with Gasteiger partial charge < -0.3 is 15.0 Å². The van der Waals surface area contributed by atoms with Gasteiger partial charge >= 0.3 is 0 Å². The van der Waals surface area contributed by atoms with Crippen LogP contribution in [0.15, 0.2) is 11.1 Å². The number of ether oxygens (including phenoxy) is 1. The van der Waals surface area contributed by atoms with Crippen LogP contribution in [0, 0.1) is 0 Å². The van der Waals surface area contributed by atoms with Gasteiger partial charge in [0.2, 0.25) is 5.75 Å². The summed E-state index contributed by atoms with van der Waals surface area (Å²) >= 11 is 0. The molecule has 0 fully saturated rings. The summed E-state index contributed by atoms with van der Waals surface area (Å²) < 4.78 is 5.09. The first kappa shape index (κ1) is 14.5. The van der Waals surface area contributed by atoms with Crippen LogP contribution in [0.3, 0.4) is 0 Å². The second-order valence-corrected chi connectivity index (χ2v) is 4.39. The quantitative estimate of drug-likeness (QED) is 0.747. The van der Waals surface area contributed by atoms with Gasteiger partial charge in [-0.1, -0.05) is 33.1 Å². The molecule has 102 valence electrons. The Bertz CT molecular complexity index is 403. The van der Waals surface area contributed by atoms with E-state index >= 15 is 0 Å². The maximum absolute atomic E-state index is 11.6. The molecule has 1 heterocycles. The molecule has 2 N–H and O–H groups in total. The summed E-state index contributed by atoms with van der Waals surface area (Å²) in [6.45, 7) is 4.33. The highest BCUT2D eigenvalue weighted by Crippen LogP contribution is 2.19. The Morgan fingerprint density at radius 2 is 2.17 bits per heavy atom. The Labute approximate surface area is 108 Å². The summed E-state index contributed by atoms with van der Waals surface area (Å²) in [7, 11) is 1.48. The predicted octanol–water partition coefficient (Wildman–Crippen LogP) is 2.55. The van der Waals surface area contributed by atoms with Crippen molar-refractivity contribution in [2.45, 2.75) is 52.0 Å². The van der Waals surface area contributed by atoms with Crippen molar-refractivity contribution < 1.29 is 4.74 Å². The van der Waals surface area contributed by atoms with E-state index in [1.807, 2.05) is 0 Å². The first-order valence-electron chi connectivity index (χ1n) is 6.61. The third-order valence-corrected chi connectivity index (χ3v) is 2.90. The maximum atomic E-state index is 11.6. The Kier molecular flexibility index (Phi) is 6.25. The van der Waals surface area contributed by atoms with Crippen molar-refractivity contribution >= 4 is 5.82 Å². The molecule has 0 aliphatic rings. The molecule has 0 aliphatic carbocycles. The van der Waals surface area contributed by atoms with Crippen LogP contribution in [0.5, 0.6) is 5.75 Å². The van der Waals surface area contributed by atoms with Crippen LogP contribution in [-0.2, 0) is 0 Å². The summed E-state index contributed by atoms with van der Waals surface area (Å²) in [5.74, 6) is 0.797. The number of hydrogen-bond acceptors (Lipinski definition) is 4. The zero-order chi connectivity index (χ0) is 13.4. The SMILES string of the molecule is CCCCC(CCC)Nc1nc[nH]c(=O)c1OC. The molecular formula is C13H23N3O2. The minimum Gasteiger partial charge on any atom is -0.489 e. The first-order chi connectivity index (χ1) is 8.72. The van der Waals surface area contributed by atoms with Crippen LogP contribution in [0.25, 0.3) is 0 Å². The van der Waals surface area contributed by atoms with Gasteiger partial charge in [0, 0.05) is 6.04 Å². The van der Waals surface area contributed by atoms with Gasteiger partial charge in [0.05, 0.1) is 13.4 Å². The van der Waals surface area contributed by atoms with E-state index in [1.54, 1.807) is 0 Å². The number of anilines is 1. The second kappa shape index (κ2) is 7.74. The highest BCUT2D eigenvalue weighted by molar-refractivity contribution is 5.48. The predicted molar refractivity (Wildman–Crippen MR) is 73.3 cm³/mol. The largest absolute Gasteiger partial charge is 0.489 e. The summed E-state index contributed by atoms with van der Waals surface area (Å²) in [6.07, 6.45) is 6.99. The minimum absolute atomic E-state index is 0.249. The minimum atomic E-state index is -0.249. The summed E-state index contributed by atoms with van der Waals surface area (Å²) in [5, 5.41) is 3.32. The zero-order valence-corrected chi connectivity index (χ0v) is 11.5. The highest BCUT2D eigenvalue weighted by Gasteiger charge is 2.13. The van der Waals surface area contributed by atoms with E-state index in [9.17, 15) is 4.79 Å². The first-order valence-corrected chi connectivity index (χ1v) is 6.61. The molecule has 0 spiro atoms. The number of nitrogens with one attached hydrogen (secondary N) is 2. The fourth-order valence-electron chi connectivity index (χ4n) is 1.96. The van der Waals surface area contributed by atoms with Gasteiger partial charge in [0.25, 0.3) is 5.56 Å². The molecule has 1 aromatic rings. The highest BCUT2D eigenvalue weighted by atomic mass is 16.5. The number of nitrogens with zero attached hydrogens (tertiary/aromatic N) is 1. The fraction of sp³-hybridized carbons (Fsp3) is 0.692. The Balaban J connectivity index is 2.79. The Morgan fingerprint density at radius 1 is 1.39 bits per heavy atom. The number of aromatic amines is 1.